The van der Waals surface area contributed by atoms with Crippen LogP contribution in [0.15, 0.2) is 42.5 Å². The van der Waals surface area contributed by atoms with E-state index in [-0.39, 0.29) is 29.2 Å². The summed E-state index contributed by atoms with van der Waals surface area (Å²) in [5, 5.41) is 0. The van der Waals surface area contributed by atoms with Crippen molar-refractivity contribution in [2.24, 2.45) is 5.92 Å². The fraction of sp³-hybridized carbons (Fsp3) is 0.379. The summed E-state index contributed by atoms with van der Waals surface area (Å²) in [5.74, 6) is -7.18. The fourth-order valence-corrected chi connectivity index (χ4v) is 5.41. The number of alkyl halides is 5. The molecule has 3 aromatic rings. The summed E-state index contributed by atoms with van der Waals surface area (Å²) in [6.45, 7) is 2.13. The zero-order valence-corrected chi connectivity index (χ0v) is 21.1. The normalized spacial score (nSPS) is 18.3. The van der Waals surface area contributed by atoms with E-state index in [1.54, 1.807) is 6.07 Å². The molecule has 0 amide bonds. The highest BCUT2D eigenvalue weighted by Gasteiger charge is 2.49. The first-order valence-electron chi connectivity index (χ1n) is 12.6. The molecule has 0 aromatic heterocycles. The van der Waals surface area contributed by atoms with Crippen molar-refractivity contribution in [2.45, 2.75) is 63.8 Å². The Morgan fingerprint density at radius 1 is 0.700 bits per heavy atom. The van der Waals surface area contributed by atoms with Crippen molar-refractivity contribution in [3.8, 4) is 22.3 Å². The van der Waals surface area contributed by atoms with Gasteiger partial charge in [0.05, 0.1) is 5.56 Å². The predicted octanol–water partition coefficient (Wildman–Crippen LogP) is 10.4. The van der Waals surface area contributed by atoms with Gasteiger partial charge in [0.15, 0.2) is 0 Å². The second-order valence-corrected chi connectivity index (χ2v) is 9.94. The van der Waals surface area contributed by atoms with E-state index in [4.69, 9.17) is 0 Å². The van der Waals surface area contributed by atoms with Gasteiger partial charge in [-0.15, -0.1) is 13.2 Å². The van der Waals surface area contributed by atoms with E-state index in [0.29, 0.717) is 18.1 Å². The molecule has 11 heteroatoms. The molecule has 216 valence electrons. The standard InChI is InChI=1S/C29H24F10O/c1-2-3-15-4-6-16(7-5-15)17-8-9-20(21(30)10-17)18-11-22(31)26(23(32)12-18)19-13-24(33)27(25(34)14-19)28(35,36)40-29(37,38)39/h8-16H,2-7H2,1H3. The molecule has 3 aromatic carbocycles. The summed E-state index contributed by atoms with van der Waals surface area (Å²) >= 11 is 0. The van der Waals surface area contributed by atoms with Crippen molar-refractivity contribution in [1.29, 1.82) is 0 Å². The smallest absolute Gasteiger partial charge is 0.222 e. The first kappa shape index (κ1) is 29.9. The Morgan fingerprint density at radius 2 is 1.25 bits per heavy atom. The Balaban J connectivity index is 1.62. The summed E-state index contributed by atoms with van der Waals surface area (Å²) < 4.78 is 140. The van der Waals surface area contributed by atoms with Gasteiger partial charge < -0.3 is 0 Å². The molecule has 1 fully saturated rings. The average Bonchev–Trinajstić information content (AvgIpc) is 2.82. The van der Waals surface area contributed by atoms with Crippen LogP contribution in [0.25, 0.3) is 22.3 Å². The molecule has 0 atom stereocenters. The molecule has 0 saturated heterocycles. The van der Waals surface area contributed by atoms with Crippen molar-refractivity contribution in [3.05, 3.63) is 82.7 Å². The minimum atomic E-state index is -5.93. The van der Waals surface area contributed by atoms with Crippen molar-refractivity contribution < 1.29 is 48.6 Å². The van der Waals surface area contributed by atoms with E-state index in [2.05, 4.69) is 11.7 Å². The molecule has 0 radical (unpaired) electrons. The Morgan fingerprint density at radius 3 is 1.75 bits per heavy atom. The van der Waals surface area contributed by atoms with Gasteiger partial charge in [-0.1, -0.05) is 31.9 Å². The molecule has 0 bridgehead atoms. The van der Waals surface area contributed by atoms with Gasteiger partial charge in [-0.2, -0.15) is 8.78 Å². The average molecular weight is 578 g/mol. The first-order valence-corrected chi connectivity index (χ1v) is 12.6. The zero-order chi connectivity index (χ0) is 29.4. The summed E-state index contributed by atoms with van der Waals surface area (Å²) in [4.78, 5) is 0. The van der Waals surface area contributed by atoms with Crippen molar-refractivity contribution >= 4 is 0 Å². The largest absolute Gasteiger partial charge is 0.527 e. The van der Waals surface area contributed by atoms with Crippen LogP contribution in [0.2, 0.25) is 0 Å². The van der Waals surface area contributed by atoms with Crippen LogP contribution in [0.5, 0.6) is 0 Å². The first-order chi connectivity index (χ1) is 18.7. The van der Waals surface area contributed by atoms with Crippen LogP contribution in [0, 0.1) is 35.0 Å². The number of halogens is 10. The van der Waals surface area contributed by atoms with Crippen LogP contribution in [0.3, 0.4) is 0 Å². The molecule has 4 rings (SSSR count). The van der Waals surface area contributed by atoms with Crippen molar-refractivity contribution in [2.75, 3.05) is 0 Å². The van der Waals surface area contributed by atoms with Crippen LogP contribution in [-0.2, 0) is 10.8 Å². The second kappa shape index (κ2) is 11.4. The van der Waals surface area contributed by atoms with E-state index < -0.39 is 58.2 Å². The van der Waals surface area contributed by atoms with Crippen LogP contribution >= 0.6 is 0 Å². The van der Waals surface area contributed by atoms with E-state index in [1.165, 1.54) is 12.1 Å². The molecular formula is C29H24F10O. The summed E-state index contributed by atoms with van der Waals surface area (Å²) in [6.07, 6.45) is -5.25. The Labute approximate surface area is 223 Å². The molecule has 1 aliphatic carbocycles. The lowest BCUT2D eigenvalue weighted by atomic mass is 9.77. The molecule has 0 spiro atoms. The summed E-state index contributed by atoms with van der Waals surface area (Å²) in [5.41, 5.74) is -3.92. The Kier molecular flexibility index (Phi) is 8.54. The minimum absolute atomic E-state index is 0.0534. The molecule has 0 aliphatic heterocycles. The van der Waals surface area contributed by atoms with Crippen LogP contribution in [0.1, 0.15) is 62.5 Å². The maximum absolute atomic E-state index is 15.0. The SMILES string of the molecule is CCCC1CCC(c2ccc(-c3cc(F)c(-c4cc(F)c(C(F)(F)OC(F)(F)F)c(F)c4)c(F)c3)c(F)c2)CC1. The number of benzene rings is 3. The molecule has 1 aliphatic rings. The summed E-state index contributed by atoms with van der Waals surface area (Å²) in [6, 6.07) is 5.90. The van der Waals surface area contributed by atoms with Crippen molar-refractivity contribution in [1.82, 2.24) is 0 Å². The van der Waals surface area contributed by atoms with Gasteiger partial charge in [0, 0.05) is 5.56 Å². The molecule has 40 heavy (non-hydrogen) atoms. The van der Waals surface area contributed by atoms with Crippen LogP contribution < -0.4 is 0 Å². The zero-order valence-electron chi connectivity index (χ0n) is 21.1. The van der Waals surface area contributed by atoms with E-state index in [9.17, 15) is 39.5 Å². The third-order valence-electron chi connectivity index (χ3n) is 7.23. The molecule has 1 nitrogen and oxygen atoms in total. The predicted molar refractivity (Wildman–Crippen MR) is 128 cm³/mol. The van der Waals surface area contributed by atoms with Crippen LogP contribution in [-0.4, -0.2) is 6.36 Å². The van der Waals surface area contributed by atoms with Gasteiger partial charge >= 0.3 is 12.5 Å². The van der Waals surface area contributed by atoms with Crippen molar-refractivity contribution in [3.63, 3.8) is 0 Å². The van der Waals surface area contributed by atoms with Gasteiger partial charge in [0.25, 0.3) is 0 Å². The second-order valence-electron chi connectivity index (χ2n) is 9.94. The molecular weight excluding hydrogens is 554 g/mol. The van der Waals surface area contributed by atoms with E-state index in [0.717, 1.165) is 44.1 Å². The van der Waals surface area contributed by atoms with E-state index >= 15 is 4.39 Å². The van der Waals surface area contributed by atoms with E-state index in [1.807, 2.05) is 0 Å². The lowest BCUT2D eigenvalue weighted by molar-refractivity contribution is -0.432. The highest BCUT2D eigenvalue weighted by molar-refractivity contribution is 5.72. The maximum atomic E-state index is 15.0. The Hall–Kier alpha value is -3.08. The number of rotatable bonds is 7. The van der Waals surface area contributed by atoms with Gasteiger partial charge in [0.1, 0.15) is 34.6 Å². The Bertz CT molecular complexity index is 1330. The number of hydrogen-bond donors (Lipinski definition) is 0. The highest BCUT2D eigenvalue weighted by atomic mass is 19.4. The summed E-state index contributed by atoms with van der Waals surface area (Å²) in [7, 11) is 0. The lowest BCUT2D eigenvalue weighted by Crippen LogP contribution is -2.29. The molecule has 0 N–H and O–H groups in total. The molecule has 0 unspecified atom stereocenters. The third-order valence-corrected chi connectivity index (χ3v) is 7.23. The topological polar surface area (TPSA) is 9.23 Å². The third kappa shape index (κ3) is 6.45. The maximum Gasteiger partial charge on any atom is 0.527 e. The quantitative estimate of drug-likeness (QED) is 0.254. The number of ether oxygens (including phenoxy) is 1. The van der Waals surface area contributed by atoms with Gasteiger partial charge in [-0.05, 0) is 84.5 Å². The van der Waals surface area contributed by atoms with Gasteiger partial charge in [-0.25, -0.2) is 26.7 Å². The number of hydrogen-bond acceptors (Lipinski definition) is 1. The lowest BCUT2D eigenvalue weighted by Gasteiger charge is -2.28. The molecule has 0 heterocycles. The fourth-order valence-electron chi connectivity index (χ4n) is 5.41. The monoisotopic (exact) mass is 578 g/mol. The highest BCUT2D eigenvalue weighted by Crippen LogP contribution is 2.42. The van der Waals surface area contributed by atoms with Crippen LogP contribution in [0.4, 0.5) is 43.9 Å². The minimum Gasteiger partial charge on any atom is -0.222 e. The van der Waals surface area contributed by atoms with Gasteiger partial charge in [-0.3, -0.25) is 0 Å². The van der Waals surface area contributed by atoms with Gasteiger partial charge in [0.2, 0.25) is 0 Å². The molecule has 1 saturated carbocycles.